The molecule has 2 aliphatic carbocycles. The van der Waals surface area contributed by atoms with Crippen LogP contribution in [0.25, 0.3) is 5.65 Å². The van der Waals surface area contributed by atoms with Crippen molar-refractivity contribution in [2.45, 2.75) is 38.1 Å². The molecule has 1 spiro atoms. The Morgan fingerprint density at radius 2 is 2.25 bits per heavy atom. The van der Waals surface area contributed by atoms with Crippen molar-refractivity contribution in [1.29, 1.82) is 0 Å². The van der Waals surface area contributed by atoms with Crippen LogP contribution in [0.1, 0.15) is 32.1 Å². The zero-order valence-electron chi connectivity index (χ0n) is 14.1. The summed E-state index contributed by atoms with van der Waals surface area (Å²) in [4.78, 5) is 21.7. The van der Waals surface area contributed by atoms with E-state index in [9.17, 15) is 4.79 Å². The van der Waals surface area contributed by atoms with Gasteiger partial charge in [-0.25, -0.2) is 9.50 Å². The third-order valence-corrected chi connectivity index (χ3v) is 6.46. The van der Waals surface area contributed by atoms with Crippen LogP contribution in [0, 0.1) is 11.3 Å². The lowest BCUT2D eigenvalue weighted by molar-refractivity contribution is -0.134. The molecule has 2 aromatic heterocycles. The van der Waals surface area contributed by atoms with Gasteiger partial charge in [0.05, 0.1) is 12.2 Å². The highest BCUT2D eigenvalue weighted by Crippen LogP contribution is 2.65. The molecule has 0 N–H and O–H groups in total. The molecule has 5 rings (SSSR count). The second kappa shape index (κ2) is 4.94. The molecule has 3 aliphatic rings. The number of hydrogen-bond acceptors (Lipinski definition) is 4. The van der Waals surface area contributed by atoms with E-state index < -0.39 is 0 Å². The van der Waals surface area contributed by atoms with E-state index in [2.05, 4.69) is 15.0 Å². The minimum Gasteiger partial charge on any atom is -0.354 e. The van der Waals surface area contributed by atoms with Crippen molar-refractivity contribution in [2.24, 2.45) is 11.3 Å². The van der Waals surface area contributed by atoms with E-state index in [4.69, 9.17) is 0 Å². The molecule has 0 aromatic carbocycles. The molecule has 3 fully saturated rings. The molecule has 0 radical (unpaired) electrons. The van der Waals surface area contributed by atoms with Crippen molar-refractivity contribution in [1.82, 2.24) is 19.5 Å². The number of likely N-dealkylation sites (N-methyl/N-ethyl adjacent to an activating group) is 1. The third-order valence-electron chi connectivity index (χ3n) is 6.46. The second-order valence-corrected chi connectivity index (χ2v) is 7.73. The maximum Gasteiger partial charge on any atom is 0.226 e. The fraction of sp³-hybridized carbons (Fsp3) is 0.611. The summed E-state index contributed by atoms with van der Waals surface area (Å²) in [6.07, 6.45) is 9.71. The van der Waals surface area contributed by atoms with Crippen LogP contribution in [-0.2, 0) is 4.79 Å². The third kappa shape index (κ3) is 2.05. The van der Waals surface area contributed by atoms with Crippen molar-refractivity contribution >= 4 is 17.4 Å². The fourth-order valence-electron chi connectivity index (χ4n) is 4.55. The highest BCUT2D eigenvalue weighted by molar-refractivity contribution is 5.83. The van der Waals surface area contributed by atoms with E-state index >= 15 is 0 Å². The summed E-state index contributed by atoms with van der Waals surface area (Å²) in [5.41, 5.74) is 1.28. The van der Waals surface area contributed by atoms with Crippen molar-refractivity contribution in [3.8, 4) is 0 Å². The van der Waals surface area contributed by atoms with Crippen LogP contribution >= 0.6 is 0 Å². The highest BCUT2D eigenvalue weighted by Gasteiger charge is 2.61. The zero-order valence-corrected chi connectivity index (χ0v) is 14.1. The normalized spacial score (nSPS) is 27.5. The number of carbonyl (C=O) groups is 1. The molecule has 0 bridgehead atoms. The average Bonchev–Trinajstić information content (AvgIpc) is 2.93. The molecular weight excluding hydrogens is 302 g/mol. The van der Waals surface area contributed by atoms with Crippen molar-refractivity contribution < 1.29 is 4.79 Å². The molecule has 2 aromatic rings. The molecule has 1 amide bonds. The quantitative estimate of drug-likeness (QED) is 0.866. The van der Waals surface area contributed by atoms with Crippen LogP contribution in [0.15, 0.2) is 24.5 Å². The van der Waals surface area contributed by atoms with E-state index in [1.807, 2.05) is 30.3 Å². The van der Waals surface area contributed by atoms with Gasteiger partial charge in [-0.15, -0.1) is 0 Å². The first-order chi connectivity index (χ1) is 11.7. The summed E-state index contributed by atoms with van der Waals surface area (Å²) >= 11 is 0. The van der Waals surface area contributed by atoms with Gasteiger partial charge in [0.1, 0.15) is 5.82 Å². The average molecular weight is 325 g/mol. The number of amides is 1. The van der Waals surface area contributed by atoms with Crippen molar-refractivity contribution in [2.75, 3.05) is 25.0 Å². The molecule has 24 heavy (non-hydrogen) atoms. The largest absolute Gasteiger partial charge is 0.354 e. The topological polar surface area (TPSA) is 53.7 Å². The minimum atomic E-state index is 0.304. The van der Waals surface area contributed by atoms with E-state index in [1.54, 1.807) is 10.7 Å². The first-order valence-corrected chi connectivity index (χ1v) is 8.98. The predicted octanol–water partition coefficient (Wildman–Crippen LogP) is 1.96. The number of rotatable bonds is 3. The van der Waals surface area contributed by atoms with Gasteiger partial charge < -0.3 is 9.80 Å². The Morgan fingerprint density at radius 1 is 1.38 bits per heavy atom. The van der Waals surface area contributed by atoms with E-state index in [1.165, 1.54) is 19.3 Å². The lowest BCUT2D eigenvalue weighted by Gasteiger charge is -2.30. The summed E-state index contributed by atoms with van der Waals surface area (Å²) in [6.45, 7) is 1.83. The first kappa shape index (κ1) is 14.3. The van der Waals surface area contributed by atoms with E-state index in [0.29, 0.717) is 23.3 Å². The summed E-state index contributed by atoms with van der Waals surface area (Å²) in [6, 6.07) is 4.23. The number of carbonyl (C=O) groups excluding carboxylic acids is 1. The molecule has 2 saturated carbocycles. The van der Waals surface area contributed by atoms with E-state index in [-0.39, 0.29) is 0 Å². The Morgan fingerprint density at radius 3 is 3.00 bits per heavy atom. The lowest BCUT2D eigenvalue weighted by Crippen LogP contribution is -2.41. The van der Waals surface area contributed by atoms with Gasteiger partial charge in [-0.05, 0) is 37.2 Å². The number of nitrogens with zero attached hydrogens (tertiary/aromatic N) is 5. The van der Waals surface area contributed by atoms with Gasteiger partial charge in [-0.3, -0.25) is 4.79 Å². The zero-order chi connectivity index (χ0) is 16.3. The Hall–Kier alpha value is -2.11. The monoisotopic (exact) mass is 325 g/mol. The van der Waals surface area contributed by atoms with Gasteiger partial charge >= 0.3 is 0 Å². The van der Waals surface area contributed by atoms with Crippen molar-refractivity contribution in [3.63, 3.8) is 0 Å². The molecule has 1 saturated heterocycles. The van der Waals surface area contributed by atoms with Crippen LogP contribution in [0.5, 0.6) is 0 Å². The maximum atomic E-state index is 12.8. The summed E-state index contributed by atoms with van der Waals surface area (Å²) < 4.78 is 1.78. The van der Waals surface area contributed by atoms with Crippen LogP contribution in [0.4, 0.5) is 5.82 Å². The number of fused-ring (bicyclic) bond motifs is 1. The molecule has 6 nitrogen and oxygen atoms in total. The molecule has 2 atom stereocenters. The fourth-order valence-corrected chi connectivity index (χ4v) is 4.55. The second-order valence-electron chi connectivity index (χ2n) is 7.73. The molecular formula is C18H23N5O. The minimum absolute atomic E-state index is 0.304. The van der Waals surface area contributed by atoms with Gasteiger partial charge in [-0.1, -0.05) is 6.42 Å². The molecule has 6 heteroatoms. The summed E-state index contributed by atoms with van der Waals surface area (Å²) in [5, 5.41) is 4.19. The molecule has 1 aliphatic heterocycles. The smallest absolute Gasteiger partial charge is 0.226 e. The summed E-state index contributed by atoms with van der Waals surface area (Å²) in [7, 11) is 1.99. The van der Waals surface area contributed by atoms with Crippen LogP contribution < -0.4 is 4.90 Å². The maximum absolute atomic E-state index is 12.8. The number of anilines is 1. The molecule has 126 valence electrons. The first-order valence-electron chi connectivity index (χ1n) is 8.98. The summed E-state index contributed by atoms with van der Waals surface area (Å²) in [5.74, 6) is 1.67. The molecule has 3 heterocycles. The van der Waals surface area contributed by atoms with Crippen LogP contribution in [0.2, 0.25) is 0 Å². The highest BCUT2D eigenvalue weighted by atomic mass is 16.2. The Kier molecular flexibility index (Phi) is 2.94. The van der Waals surface area contributed by atoms with E-state index in [0.717, 1.165) is 37.4 Å². The number of aromatic nitrogens is 3. The predicted molar refractivity (Wildman–Crippen MR) is 90.8 cm³/mol. The van der Waals surface area contributed by atoms with Crippen LogP contribution in [-0.4, -0.2) is 51.6 Å². The lowest BCUT2D eigenvalue weighted by atomic mass is 9.79. The molecule has 2 unspecified atom stereocenters. The van der Waals surface area contributed by atoms with Crippen LogP contribution in [0.3, 0.4) is 0 Å². The Labute approximate surface area is 141 Å². The van der Waals surface area contributed by atoms with Gasteiger partial charge in [0, 0.05) is 38.3 Å². The standard InChI is InChI=1S/C18H23N5O/c1-21(17(24)14-11-18(14)6-2-7-18)13-4-9-22(12-13)15-5-10-23-16(20-15)3-8-19-23/h3,5,8,10,13-14H,2,4,6-7,9,11-12H2,1H3. The van der Waals surface area contributed by atoms with Gasteiger partial charge in [0.15, 0.2) is 5.65 Å². The van der Waals surface area contributed by atoms with Gasteiger partial charge in [0.25, 0.3) is 0 Å². The number of hydrogen-bond donors (Lipinski definition) is 0. The van der Waals surface area contributed by atoms with Crippen molar-refractivity contribution in [3.05, 3.63) is 24.5 Å². The Bertz CT molecular complexity index is 796. The van der Waals surface area contributed by atoms with Gasteiger partial charge in [-0.2, -0.15) is 5.10 Å². The Balaban J connectivity index is 1.27. The van der Waals surface area contributed by atoms with Gasteiger partial charge in [0.2, 0.25) is 5.91 Å². The SMILES string of the molecule is CN(C(=O)C1CC12CCC2)C1CCN(c2ccn3nccc3n2)C1.